The van der Waals surface area contributed by atoms with Crippen LogP contribution in [0.2, 0.25) is 0 Å². The average molecular weight is 1300 g/mol. The van der Waals surface area contributed by atoms with E-state index >= 15 is 0 Å². The van der Waals surface area contributed by atoms with Crippen molar-refractivity contribution in [1.29, 1.82) is 0 Å². The summed E-state index contributed by atoms with van der Waals surface area (Å²) in [5.41, 5.74) is 3.66. The third kappa shape index (κ3) is 22.9. The molecule has 6 aromatic carbocycles. The van der Waals surface area contributed by atoms with Gasteiger partial charge >= 0.3 is 47.8 Å². The smallest absolute Gasteiger partial charge is 0.352 e. The van der Waals surface area contributed by atoms with Crippen molar-refractivity contribution in [2.45, 2.75) is 102 Å². The molecule has 96 heavy (non-hydrogen) atoms. The van der Waals surface area contributed by atoms with Crippen molar-refractivity contribution in [3.05, 3.63) is 263 Å². The number of pyridine rings is 2. The highest BCUT2D eigenvalue weighted by Crippen LogP contribution is 2.22. The van der Waals surface area contributed by atoms with Crippen molar-refractivity contribution in [1.82, 2.24) is 20.6 Å². The van der Waals surface area contributed by atoms with Crippen LogP contribution >= 0.6 is 0 Å². The highest BCUT2D eigenvalue weighted by Gasteiger charge is 2.44. The van der Waals surface area contributed by atoms with Gasteiger partial charge in [-0.1, -0.05) is 171 Å². The van der Waals surface area contributed by atoms with Crippen LogP contribution in [0.25, 0.3) is 11.4 Å². The predicted octanol–water partition coefficient (Wildman–Crippen LogP) is 9.97. The number of carbonyl (C=O) groups is 10. The van der Waals surface area contributed by atoms with Gasteiger partial charge in [0.1, 0.15) is 26.4 Å². The zero-order chi connectivity index (χ0) is 67.7. The number of rotatable bonds is 35. The Kier molecular flexibility index (Phi) is 27.6. The fourth-order valence-electron chi connectivity index (χ4n) is 9.27. The number of nitrogens with zero attached hydrogens (tertiary/aromatic N) is 2. The van der Waals surface area contributed by atoms with E-state index in [9.17, 15) is 47.9 Å². The Bertz CT molecular complexity index is 3610. The molecule has 8 rings (SSSR count). The molecule has 2 amide bonds. The van der Waals surface area contributed by atoms with E-state index in [0.29, 0.717) is 59.3 Å². The number of hydrogen-bond acceptors (Lipinski definition) is 20. The number of hydrogen-bond donors (Lipinski definition) is 2. The largest absolute Gasteiger partial charge is 0.458 e. The average Bonchev–Trinajstić information content (AvgIpc) is 0.881. The molecule has 0 aliphatic rings. The SMILES string of the molecule is O=C(CCCCCNC(=O)c1ccnc(-c2cc(C(=O)NCCCCCC(=O)O[C@@H](C(=O)OCc3ccccc3)[C@@H](OC(=O)c3ccccc3)C(=O)OCc3ccccc3)ccn2)c1)O[C@@H](C(=O)OCc1ccccc1)[C@@H](OC(=O)c1ccccc1)C(=O)OCc1ccccc1. The molecular weight excluding hydrogens is 1230 g/mol. The van der Waals surface area contributed by atoms with Crippen LogP contribution in [0.5, 0.6) is 0 Å². The molecule has 0 saturated heterocycles. The number of aromatic nitrogens is 2. The van der Waals surface area contributed by atoms with E-state index in [1.54, 1.807) is 158 Å². The van der Waals surface area contributed by atoms with Gasteiger partial charge in [-0.3, -0.25) is 29.1 Å². The molecule has 2 N–H and O–H groups in total. The fourth-order valence-corrected chi connectivity index (χ4v) is 9.27. The van der Waals surface area contributed by atoms with Crippen molar-refractivity contribution in [2.75, 3.05) is 13.1 Å². The van der Waals surface area contributed by atoms with E-state index < -0.39 is 84.0 Å². The molecule has 0 saturated carbocycles. The second-order valence-electron chi connectivity index (χ2n) is 21.6. The molecule has 0 spiro atoms. The summed E-state index contributed by atoms with van der Waals surface area (Å²) in [5.74, 6) is -9.20. The molecule has 0 aliphatic carbocycles. The van der Waals surface area contributed by atoms with Gasteiger partial charge in [0.2, 0.25) is 24.4 Å². The lowest BCUT2D eigenvalue weighted by molar-refractivity contribution is -0.185. The lowest BCUT2D eigenvalue weighted by atomic mass is 10.1. The highest BCUT2D eigenvalue weighted by molar-refractivity contribution is 5.97. The summed E-state index contributed by atoms with van der Waals surface area (Å²) in [5, 5.41) is 5.68. The van der Waals surface area contributed by atoms with Crippen LogP contribution in [-0.2, 0) is 93.1 Å². The molecule has 8 aromatic rings. The topological polar surface area (TPSA) is 294 Å². The lowest BCUT2D eigenvalue weighted by Gasteiger charge is -2.24. The summed E-state index contributed by atoms with van der Waals surface area (Å²) < 4.78 is 44.4. The van der Waals surface area contributed by atoms with E-state index in [0.717, 1.165) is 0 Å². The number of benzene rings is 6. The molecule has 22 nitrogen and oxygen atoms in total. The molecule has 0 unspecified atom stereocenters. The maximum atomic E-state index is 13.8. The predicted molar refractivity (Wildman–Crippen MR) is 345 cm³/mol. The first-order valence-electron chi connectivity index (χ1n) is 31.0. The van der Waals surface area contributed by atoms with E-state index in [-0.39, 0.29) is 87.5 Å². The van der Waals surface area contributed by atoms with Crippen LogP contribution in [0.4, 0.5) is 0 Å². The van der Waals surface area contributed by atoms with Gasteiger partial charge in [-0.25, -0.2) is 28.8 Å². The summed E-state index contributed by atoms with van der Waals surface area (Å²) in [6.07, 6.45) is -3.58. The third-order valence-corrected chi connectivity index (χ3v) is 14.4. The van der Waals surface area contributed by atoms with Crippen LogP contribution in [0.1, 0.15) is 115 Å². The number of esters is 8. The second kappa shape index (κ2) is 37.7. The summed E-state index contributed by atoms with van der Waals surface area (Å²) in [7, 11) is 0. The molecule has 0 aliphatic heterocycles. The van der Waals surface area contributed by atoms with Crippen molar-refractivity contribution in [2.24, 2.45) is 0 Å². The molecule has 0 fully saturated rings. The van der Waals surface area contributed by atoms with Crippen molar-refractivity contribution in [3.63, 3.8) is 0 Å². The minimum atomic E-state index is -2.05. The number of unbranched alkanes of at least 4 members (excludes halogenated alkanes) is 4. The lowest BCUT2D eigenvalue weighted by Crippen LogP contribution is -2.47. The molecule has 22 heteroatoms. The van der Waals surface area contributed by atoms with Crippen molar-refractivity contribution >= 4 is 59.6 Å². The Morgan fingerprint density at radius 1 is 0.312 bits per heavy atom. The van der Waals surface area contributed by atoms with Gasteiger partial charge in [0.25, 0.3) is 11.8 Å². The first-order valence-corrected chi connectivity index (χ1v) is 31.0. The Hall–Kier alpha value is -11.7. The Morgan fingerprint density at radius 2 is 0.594 bits per heavy atom. The molecule has 4 atom stereocenters. The monoisotopic (exact) mass is 1300 g/mol. The molecule has 494 valence electrons. The minimum absolute atomic E-state index is 0.0607. The zero-order valence-electron chi connectivity index (χ0n) is 52.2. The van der Waals surface area contributed by atoms with Crippen molar-refractivity contribution < 1.29 is 85.8 Å². The van der Waals surface area contributed by atoms with E-state index in [2.05, 4.69) is 20.6 Å². The van der Waals surface area contributed by atoms with Gasteiger partial charge in [0.15, 0.2) is 0 Å². The number of ether oxygens (including phenoxy) is 8. The van der Waals surface area contributed by atoms with Gasteiger partial charge in [-0.2, -0.15) is 0 Å². The van der Waals surface area contributed by atoms with E-state index in [1.807, 2.05) is 0 Å². The maximum absolute atomic E-state index is 13.8. The second-order valence-corrected chi connectivity index (χ2v) is 21.6. The van der Waals surface area contributed by atoms with E-state index in [4.69, 9.17) is 37.9 Å². The summed E-state index contributed by atoms with van der Waals surface area (Å²) in [6, 6.07) is 56.2. The number of amides is 2. The van der Waals surface area contributed by atoms with Gasteiger partial charge < -0.3 is 48.5 Å². The van der Waals surface area contributed by atoms with Crippen LogP contribution in [-0.4, -0.2) is 107 Å². The zero-order valence-corrected chi connectivity index (χ0v) is 52.2. The molecular formula is C74H70N4O18. The third-order valence-electron chi connectivity index (χ3n) is 14.4. The quantitative estimate of drug-likeness (QED) is 0.0212. The summed E-state index contributed by atoms with van der Waals surface area (Å²) in [4.78, 5) is 144. The normalized spacial score (nSPS) is 12.0. The number of carbonyl (C=O) groups excluding carboxylic acids is 10. The van der Waals surface area contributed by atoms with E-state index in [1.165, 1.54) is 60.9 Å². The Morgan fingerprint density at radius 3 is 0.896 bits per heavy atom. The summed E-state index contributed by atoms with van der Waals surface area (Å²) in [6.45, 7) is -0.563. The highest BCUT2D eigenvalue weighted by atomic mass is 16.7. The van der Waals surface area contributed by atoms with Gasteiger partial charge in [0, 0.05) is 49.5 Å². The van der Waals surface area contributed by atoms with Gasteiger partial charge in [-0.05, 0) is 96.5 Å². The Labute approximate surface area is 553 Å². The van der Waals surface area contributed by atoms with Crippen LogP contribution in [0, 0.1) is 0 Å². The maximum Gasteiger partial charge on any atom is 0.352 e. The van der Waals surface area contributed by atoms with Gasteiger partial charge in [0.05, 0.1) is 22.5 Å². The Balaban J connectivity index is 0.793. The van der Waals surface area contributed by atoms with Gasteiger partial charge in [-0.15, -0.1) is 0 Å². The first-order chi connectivity index (χ1) is 46.8. The molecule has 2 aromatic heterocycles. The van der Waals surface area contributed by atoms with Crippen LogP contribution < -0.4 is 10.6 Å². The molecule has 0 radical (unpaired) electrons. The summed E-state index contributed by atoms with van der Waals surface area (Å²) >= 11 is 0. The van der Waals surface area contributed by atoms with Crippen molar-refractivity contribution in [3.8, 4) is 11.4 Å². The molecule has 2 heterocycles. The van der Waals surface area contributed by atoms with Crippen LogP contribution in [0.15, 0.2) is 219 Å². The molecule has 0 bridgehead atoms. The minimum Gasteiger partial charge on any atom is -0.458 e. The number of nitrogens with one attached hydrogen (secondary N) is 2. The standard InChI is InChI=1S/C74H70N4O18/c79-61(93-63(71(85)89-47-51-25-9-1-10-26-51)65(95-69(83)55-33-17-5-18-34-55)73(87)91-49-53-29-13-3-14-30-53)37-21-7-23-41-77-67(81)57-39-43-75-59(45-57)60-46-58(40-44-76-60)68(82)78-42-24-8-22-38-62(80)94-64(72(86)90-48-52-27-11-2-12-28-52)66(96-70(84)56-35-19-6-20-36-56)74(88)92-50-54-31-15-4-16-32-54/h1-6,9-20,25-36,39-40,43-46,63-66H,7-8,21-24,37-38,41-42,47-50H2,(H,77,81)(H,78,82)/t63-,64-,65-,66-/m1/s1. The first kappa shape index (κ1) is 70.2. The van der Waals surface area contributed by atoms with Crippen LogP contribution in [0.3, 0.4) is 0 Å². The fraction of sp³-hybridized carbons (Fsp3) is 0.243.